The molecule has 0 aliphatic carbocycles. The molecule has 0 fully saturated rings. The van der Waals surface area contributed by atoms with Crippen LogP contribution in [0.25, 0.3) is 0 Å². The molecule has 0 atom stereocenters. The molecule has 1 amide bonds. The predicted molar refractivity (Wildman–Crippen MR) is 53.7 cm³/mol. The molecule has 1 N–H and O–H groups in total. The lowest BCUT2D eigenvalue weighted by Crippen LogP contribution is -2.34. The van der Waals surface area contributed by atoms with Crippen molar-refractivity contribution in [3.05, 3.63) is 30.1 Å². The van der Waals surface area contributed by atoms with Gasteiger partial charge >= 0.3 is 0 Å². The Balaban J connectivity index is 2.78. The van der Waals surface area contributed by atoms with Gasteiger partial charge in [-0.1, -0.05) is 6.07 Å². The summed E-state index contributed by atoms with van der Waals surface area (Å²) in [5.41, 5.74) is 0.560. The van der Waals surface area contributed by atoms with Crippen molar-refractivity contribution in [2.45, 2.75) is 0 Å². The van der Waals surface area contributed by atoms with E-state index in [2.05, 4.69) is 5.32 Å². The highest BCUT2D eigenvalue weighted by molar-refractivity contribution is 5.94. The number of carbonyl (C=O) groups is 1. The smallest absolute Gasteiger partial charge is 0.240 e. The average Bonchev–Trinajstić information content (AvgIpc) is 2.17. The third-order valence-corrected chi connectivity index (χ3v) is 1.90. The fourth-order valence-electron chi connectivity index (χ4n) is 1.10. The van der Waals surface area contributed by atoms with Gasteiger partial charge in [-0.2, -0.15) is 0 Å². The Morgan fingerprint density at radius 3 is 2.86 bits per heavy atom. The van der Waals surface area contributed by atoms with E-state index in [1.54, 1.807) is 26.2 Å². The maximum Gasteiger partial charge on any atom is 0.240 e. The van der Waals surface area contributed by atoms with E-state index >= 15 is 0 Å². The van der Waals surface area contributed by atoms with Crippen LogP contribution in [-0.4, -0.2) is 26.5 Å². The van der Waals surface area contributed by atoms with Crippen molar-refractivity contribution in [2.24, 2.45) is 0 Å². The zero-order chi connectivity index (χ0) is 10.6. The van der Waals surface area contributed by atoms with Gasteiger partial charge in [0.1, 0.15) is 5.82 Å². The largest absolute Gasteiger partial charge is 0.314 e. The standard InChI is InChI=1S/C10H13FN2O/c1-12-7-10(14)13(2)9-5-3-4-8(11)6-9/h3-6,12H,7H2,1-2H3. The van der Waals surface area contributed by atoms with Crippen molar-refractivity contribution >= 4 is 11.6 Å². The number of rotatable bonds is 3. The zero-order valence-electron chi connectivity index (χ0n) is 8.25. The van der Waals surface area contributed by atoms with Crippen LogP contribution in [0.1, 0.15) is 0 Å². The highest BCUT2D eigenvalue weighted by Crippen LogP contribution is 2.13. The van der Waals surface area contributed by atoms with Crippen LogP contribution < -0.4 is 10.2 Å². The Hall–Kier alpha value is -1.42. The van der Waals surface area contributed by atoms with Gasteiger partial charge in [0.05, 0.1) is 6.54 Å². The Morgan fingerprint density at radius 1 is 1.57 bits per heavy atom. The van der Waals surface area contributed by atoms with Crippen LogP contribution >= 0.6 is 0 Å². The van der Waals surface area contributed by atoms with Gasteiger partial charge in [-0.25, -0.2) is 4.39 Å². The number of benzene rings is 1. The van der Waals surface area contributed by atoms with Crippen molar-refractivity contribution in [2.75, 3.05) is 25.5 Å². The van der Waals surface area contributed by atoms with Gasteiger partial charge in [-0.15, -0.1) is 0 Å². The van der Waals surface area contributed by atoms with Crippen LogP contribution in [0.15, 0.2) is 24.3 Å². The van der Waals surface area contributed by atoms with Gasteiger partial charge in [0.2, 0.25) is 5.91 Å². The Labute approximate surface area is 82.5 Å². The molecule has 0 radical (unpaired) electrons. The number of nitrogens with one attached hydrogen (secondary N) is 1. The molecule has 0 bridgehead atoms. The first kappa shape index (κ1) is 10.7. The third kappa shape index (κ3) is 2.53. The minimum atomic E-state index is -0.341. The van der Waals surface area contributed by atoms with E-state index < -0.39 is 0 Å². The van der Waals surface area contributed by atoms with Crippen LogP contribution in [0.4, 0.5) is 10.1 Å². The molecular formula is C10H13FN2O. The van der Waals surface area contributed by atoms with E-state index in [0.717, 1.165) is 0 Å². The number of likely N-dealkylation sites (N-methyl/N-ethyl adjacent to an activating group) is 2. The third-order valence-electron chi connectivity index (χ3n) is 1.90. The molecule has 0 unspecified atom stereocenters. The summed E-state index contributed by atoms with van der Waals surface area (Å²) < 4.78 is 12.8. The zero-order valence-corrected chi connectivity index (χ0v) is 8.25. The molecule has 0 aliphatic heterocycles. The van der Waals surface area contributed by atoms with Gasteiger partial charge < -0.3 is 10.2 Å². The van der Waals surface area contributed by atoms with Crippen LogP contribution in [0, 0.1) is 5.82 Å². The van der Waals surface area contributed by atoms with Crippen LogP contribution in [0.5, 0.6) is 0 Å². The highest BCUT2D eigenvalue weighted by Gasteiger charge is 2.09. The maximum absolute atomic E-state index is 12.8. The van der Waals surface area contributed by atoms with E-state index in [0.29, 0.717) is 5.69 Å². The summed E-state index contributed by atoms with van der Waals surface area (Å²) in [6, 6.07) is 5.94. The van der Waals surface area contributed by atoms with Crippen molar-refractivity contribution in [3.63, 3.8) is 0 Å². The minimum absolute atomic E-state index is 0.0990. The summed E-state index contributed by atoms with van der Waals surface area (Å²) in [7, 11) is 3.31. The molecule has 0 spiro atoms. The molecule has 0 saturated heterocycles. The first-order valence-corrected chi connectivity index (χ1v) is 4.32. The van der Waals surface area contributed by atoms with Crippen LogP contribution in [0.3, 0.4) is 0 Å². The SMILES string of the molecule is CNCC(=O)N(C)c1cccc(F)c1. The second-order valence-corrected chi connectivity index (χ2v) is 2.96. The summed E-state index contributed by atoms with van der Waals surface area (Å²) in [4.78, 5) is 12.8. The molecule has 3 nitrogen and oxygen atoms in total. The molecule has 1 aromatic carbocycles. The van der Waals surface area contributed by atoms with Gasteiger partial charge in [-0.3, -0.25) is 4.79 Å². The Bertz CT molecular complexity index is 328. The van der Waals surface area contributed by atoms with E-state index in [1.165, 1.54) is 17.0 Å². The fraction of sp³-hybridized carbons (Fsp3) is 0.300. The molecule has 0 aliphatic rings. The summed E-state index contributed by atoms with van der Waals surface area (Å²) in [5, 5.41) is 2.75. The first-order valence-electron chi connectivity index (χ1n) is 4.32. The molecule has 1 aromatic rings. The van der Waals surface area contributed by atoms with E-state index in [9.17, 15) is 9.18 Å². The quantitative estimate of drug-likeness (QED) is 0.782. The predicted octanol–water partition coefficient (Wildman–Crippen LogP) is 1.01. The van der Waals surface area contributed by atoms with E-state index in [1.807, 2.05) is 0 Å². The van der Waals surface area contributed by atoms with Crippen molar-refractivity contribution < 1.29 is 9.18 Å². The van der Waals surface area contributed by atoms with Crippen molar-refractivity contribution in [1.82, 2.24) is 5.32 Å². The van der Waals surface area contributed by atoms with Gasteiger partial charge in [0.25, 0.3) is 0 Å². The van der Waals surface area contributed by atoms with Crippen molar-refractivity contribution in [1.29, 1.82) is 0 Å². The summed E-state index contributed by atoms with van der Waals surface area (Å²) in [5.74, 6) is -0.440. The lowest BCUT2D eigenvalue weighted by molar-refractivity contribution is -0.117. The maximum atomic E-state index is 12.8. The normalized spacial score (nSPS) is 9.93. The number of halogens is 1. The molecule has 0 aromatic heterocycles. The number of hydrogen-bond donors (Lipinski definition) is 1. The van der Waals surface area contributed by atoms with Gasteiger partial charge in [0, 0.05) is 12.7 Å². The molecule has 0 heterocycles. The van der Waals surface area contributed by atoms with Crippen LogP contribution in [0.2, 0.25) is 0 Å². The Kier molecular flexibility index (Phi) is 3.59. The summed E-state index contributed by atoms with van der Waals surface area (Å²) in [6.45, 7) is 0.243. The second-order valence-electron chi connectivity index (χ2n) is 2.96. The average molecular weight is 196 g/mol. The molecular weight excluding hydrogens is 183 g/mol. The number of anilines is 1. The molecule has 4 heteroatoms. The van der Waals surface area contributed by atoms with Gasteiger partial charge in [0.15, 0.2) is 0 Å². The molecule has 14 heavy (non-hydrogen) atoms. The van der Waals surface area contributed by atoms with E-state index in [4.69, 9.17) is 0 Å². The Morgan fingerprint density at radius 2 is 2.29 bits per heavy atom. The van der Waals surface area contributed by atoms with E-state index in [-0.39, 0.29) is 18.3 Å². The number of nitrogens with zero attached hydrogens (tertiary/aromatic N) is 1. The number of hydrogen-bond acceptors (Lipinski definition) is 2. The first-order chi connectivity index (χ1) is 6.65. The molecule has 1 rings (SSSR count). The number of amides is 1. The molecule has 0 saturated carbocycles. The monoisotopic (exact) mass is 196 g/mol. The van der Waals surface area contributed by atoms with Crippen molar-refractivity contribution in [3.8, 4) is 0 Å². The minimum Gasteiger partial charge on any atom is -0.314 e. The summed E-state index contributed by atoms with van der Waals surface area (Å²) >= 11 is 0. The lowest BCUT2D eigenvalue weighted by Gasteiger charge is -2.16. The topological polar surface area (TPSA) is 32.3 Å². The highest BCUT2D eigenvalue weighted by atomic mass is 19.1. The van der Waals surface area contributed by atoms with Crippen LogP contribution in [-0.2, 0) is 4.79 Å². The second kappa shape index (κ2) is 4.72. The molecule has 76 valence electrons. The lowest BCUT2D eigenvalue weighted by atomic mass is 10.3. The fourth-order valence-corrected chi connectivity index (χ4v) is 1.10. The summed E-state index contributed by atoms with van der Waals surface area (Å²) in [6.07, 6.45) is 0. The number of carbonyl (C=O) groups excluding carboxylic acids is 1. The van der Waals surface area contributed by atoms with Gasteiger partial charge in [-0.05, 0) is 25.2 Å².